The molecule has 6 rings (SSSR count). The Balaban J connectivity index is 1.42. The van der Waals surface area contributed by atoms with Crippen LogP contribution in [0, 0.1) is 20.8 Å². The van der Waals surface area contributed by atoms with E-state index in [0.717, 1.165) is 70.3 Å². The molecule has 0 amide bonds. The zero-order valence-electron chi connectivity index (χ0n) is 35.0. The number of rotatable bonds is 15. The van der Waals surface area contributed by atoms with E-state index in [1.54, 1.807) is 0 Å². The summed E-state index contributed by atoms with van der Waals surface area (Å²) in [5.41, 5.74) is 11.9. The third kappa shape index (κ3) is 9.93. The van der Waals surface area contributed by atoms with Crippen LogP contribution >= 0.6 is 0 Å². The van der Waals surface area contributed by atoms with E-state index in [0.29, 0.717) is 38.8 Å². The first-order valence-corrected chi connectivity index (χ1v) is 23.6. The molecule has 58 heavy (non-hydrogen) atoms. The van der Waals surface area contributed by atoms with Crippen molar-refractivity contribution in [2.75, 3.05) is 29.5 Å². The van der Waals surface area contributed by atoms with Crippen LogP contribution in [0.2, 0.25) is 0 Å². The highest BCUT2D eigenvalue weighted by atomic mass is 32.2. The van der Waals surface area contributed by atoms with Gasteiger partial charge in [-0.2, -0.15) is 21.4 Å². The normalized spacial score (nSPS) is 19.2. The highest BCUT2D eigenvalue weighted by molar-refractivity contribution is 7.86. The summed E-state index contributed by atoms with van der Waals surface area (Å²) in [6.07, 6.45) is 13.3. The fraction of sp³-hybridized carbons (Fsp3) is 0.426. The minimum atomic E-state index is -4.03. The number of aryl methyl sites for hydroxylation is 3. The molecule has 0 bridgehead atoms. The number of ether oxygens (including phenoxy) is 1. The zero-order valence-corrected chi connectivity index (χ0v) is 36.6. The lowest BCUT2D eigenvalue weighted by Gasteiger charge is -2.27. The molecule has 0 spiro atoms. The van der Waals surface area contributed by atoms with Gasteiger partial charge in [0.05, 0.1) is 16.9 Å². The molecule has 0 saturated carbocycles. The van der Waals surface area contributed by atoms with Crippen LogP contribution in [0.4, 0.5) is 11.4 Å². The minimum Gasteiger partial charge on any atom is -0.457 e. The monoisotopic (exact) mass is 827 g/mol. The molecule has 0 fully saturated rings. The topological polar surface area (TPSA) is 124 Å². The van der Waals surface area contributed by atoms with E-state index >= 15 is 0 Å². The van der Waals surface area contributed by atoms with Crippen molar-refractivity contribution >= 4 is 37.3 Å². The molecule has 3 aromatic carbocycles. The Labute approximate surface area is 346 Å². The SMILES string of the molecule is Cc1ccc(OC2=C(/C=C/C3=[N+](CCCCS(=O)(=O)O)c4ccc(C)cc4C3(C)C)CCC/C2=C\C=C2\N(CCCCS(=O)(=O)O)c3ccc(C)cc3C2(C)C)cc1. The van der Waals surface area contributed by atoms with E-state index < -0.39 is 20.2 Å². The summed E-state index contributed by atoms with van der Waals surface area (Å²) in [4.78, 5) is 2.30. The van der Waals surface area contributed by atoms with Crippen LogP contribution in [0.3, 0.4) is 0 Å². The number of unbranched alkanes of at least 4 members (excludes halogenated alkanes) is 2. The molecule has 0 radical (unpaired) electrons. The van der Waals surface area contributed by atoms with Gasteiger partial charge < -0.3 is 9.64 Å². The second-order valence-corrected chi connectivity index (χ2v) is 20.3. The number of anilines is 1. The summed E-state index contributed by atoms with van der Waals surface area (Å²) in [6.45, 7) is 16.4. The van der Waals surface area contributed by atoms with Crippen LogP contribution in [-0.2, 0) is 31.1 Å². The molecule has 2 N–H and O–H groups in total. The summed E-state index contributed by atoms with van der Waals surface area (Å²) in [6, 6.07) is 21.1. The van der Waals surface area contributed by atoms with Crippen LogP contribution < -0.4 is 9.64 Å². The van der Waals surface area contributed by atoms with Crippen molar-refractivity contribution in [3.63, 3.8) is 0 Å². The maximum atomic E-state index is 11.5. The number of hydrogen-bond acceptors (Lipinski definition) is 6. The average Bonchev–Trinajstić information content (AvgIpc) is 3.47. The summed E-state index contributed by atoms with van der Waals surface area (Å²) in [7, 11) is -8.07. The Kier molecular flexibility index (Phi) is 12.8. The fourth-order valence-corrected chi connectivity index (χ4v) is 9.74. The van der Waals surface area contributed by atoms with Gasteiger partial charge in [0, 0.05) is 47.5 Å². The standard InChI is InChI=1S/C47H58N2O7S2/c1-33-15-21-38(22-16-33)56-45-36(19-25-43-46(4,5)39-31-34(2)17-23-41(39)48(43)27-8-10-29-57(50,51)52)13-12-14-37(45)20-26-44-47(6,7)40-32-35(3)18-24-42(40)49(44)28-9-11-30-58(53,54)55/h15-26,31-32H,8-14,27-30H2,1-7H3,(H-,50,51,52,53,54,55)/p+1. The Bertz CT molecular complexity index is 2440. The quantitative estimate of drug-likeness (QED) is 0.0882. The summed E-state index contributed by atoms with van der Waals surface area (Å²) in [5.74, 6) is 1.07. The summed E-state index contributed by atoms with van der Waals surface area (Å²) >= 11 is 0. The number of nitrogens with zero attached hydrogens (tertiary/aromatic N) is 2. The molecule has 3 aliphatic rings. The van der Waals surface area contributed by atoms with E-state index in [-0.39, 0.29) is 22.3 Å². The average molecular weight is 828 g/mol. The number of benzene rings is 3. The second-order valence-electron chi connectivity index (χ2n) is 17.2. The van der Waals surface area contributed by atoms with Gasteiger partial charge in [0.1, 0.15) is 18.1 Å². The molecule has 1 aliphatic carbocycles. The maximum Gasteiger partial charge on any atom is 0.264 e. The van der Waals surface area contributed by atoms with Crippen molar-refractivity contribution in [2.45, 2.75) is 104 Å². The Morgan fingerprint density at radius 2 is 1.34 bits per heavy atom. The van der Waals surface area contributed by atoms with Gasteiger partial charge in [0.15, 0.2) is 5.71 Å². The van der Waals surface area contributed by atoms with Gasteiger partial charge in [0.25, 0.3) is 20.2 Å². The molecule has 2 heterocycles. The van der Waals surface area contributed by atoms with Gasteiger partial charge in [-0.05, 0) is 126 Å². The first kappa shape index (κ1) is 43.3. The van der Waals surface area contributed by atoms with Gasteiger partial charge in [-0.25, -0.2) is 0 Å². The van der Waals surface area contributed by atoms with E-state index in [1.807, 2.05) is 12.1 Å². The second kappa shape index (κ2) is 17.1. The first-order valence-electron chi connectivity index (χ1n) is 20.4. The van der Waals surface area contributed by atoms with Crippen LogP contribution in [-0.4, -0.2) is 60.8 Å². The van der Waals surface area contributed by atoms with Gasteiger partial charge in [-0.15, -0.1) is 0 Å². The van der Waals surface area contributed by atoms with Crippen molar-refractivity contribution in [1.29, 1.82) is 0 Å². The Morgan fingerprint density at radius 3 is 2.02 bits per heavy atom. The van der Waals surface area contributed by atoms with Crippen LogP contribution in [0.1, 0.15) is 100 Å². The molecule has 0 unspecified atom stereocenters. The van der Waals surface area contributed by atoms with Gasteiger partial charge in [-0.3, -0.25) is 9.11 Å². The lowest BCUT2D eigenvalue weighted by molar-refractivity contribution is -0.438. The molecule has 0 aromatic heterocycles. The van der Waals surface area contributed by atoms with E-state index in [1.165, 1.54) is 22.3 Å². The molecule has 9 nitrogen and oxygen atoms in total. The van der Waals surface area contributed by atoms with Crippen molar-refractivity contribution in [3.05, 3.63) is 135 Å². The van der Waals surface area contributed by atoms with Crippen molar-refractivity contribution in [3.8, 4) is 5.75 Å². The molecular formula is C47H59N2O7S2+. The molecule has 310 valence electrons. The Morgan fingerprint density at radius 1 is 0.724 bits per heavy atom. The van der Waals surface area contributed by atoms with Gasteiger partial charge >= 0.3 is 0 Å². The van der Waals surface area contributed by atoms with Crippen LogP contribution in [0.25, 0.3) is 0 Å². The lowest BCUT2D eigenvalue weighted by atomic mass is 9.80. The third-order valence-corrected chi connectivity index (χ3v) is 13.4. The zero-order chi connectivity index (χ0) is 42.0. The van der Waals surface area contributed by atoms with E-state index in [2.05, 4.69) is 131 Å². The Hall–Kier alpha value is -4.29. The molecule has 11 heteroatoms. The smallest absolute Gasteiger partial charge is 0.264 e. The van der Waals surface area contributed by atoms with E-state index in [9.17, 15) is 25.9 Å². The lowest BCUT2D eigenvalue weighted by Crippen LogP contribution is -2.28. The summed E-state index contributed by atoms with van der Waals surface area (Å²) in [5, 5.41) is 0. The van der Waals surface area contributed by atoms with E-state index in [4.69, 9.17) is 4.74 Å². The highest BCUT2D eigenvalue weighted by Gasteiger charge is 2.44. The molecule has 3 aromatic rings. The number of fused-ring (bicyclic) bond motifs is 2. The minimum absolute atomic E-state index is 0.261. The first-order chi connectivity index (χ1) is 27.2. The third-order valence-electron chi connectivity index (χ3n) is 11.8. The molecular weight excluding hydrogens is 769 g/mol. The highest BCUT2D eigenvalue weighted by Crippen LogP contribution is 2.48. The summed E-state index contributed by atoms with van der Waals surface area (Å²) < 4.78 is 73.9. The maximum absolute atomic E-state index is 11.5. The molecule has 0 atom stereocenters. The largest absolute Gasteiger partial charge is 0.457 e. The predicted molar refractivity (Wildman–Crippen MR) is 235 cm³/mol. The molecule has 0 saturated heterocycles. The van der Waals surface area contributed by atoms with Crippen LogP contribution in [0.5, 0.6) is 5.75 Å². The number of allylic oxidation sites excluding steroid dienone is 7. The van der Waals surface area contributed by atoms with Crippen molar-refractivity contribution in [1.82, 2.24) is 0 Å². The fourth-order valence-electron chi connectivity index (χ4n) is 8.60. The van der Waals surface area contributed by atoms with Gasteiger partial charge in [-0.1, -0.05) is 66.9 Å². The van der Waals surface area contributed by atoms with Crippen molar-refractivity contribution in [2.24, 2.45) is 0 Å². The predicted octanol–water partition coefficient (Wildman–Crippen LogP) is 10.0. The van der Waals surface area contributed by atoms with Crippen molar-refractivity contribution < 1.29 is 35.3 Å². The molecule has 2 aliphatic heterocycles. The number of hydrogen-bond donors (Lipinski definition) is 2. The van der Waals surface area contributed by atoms with Crippen LogP contribution in [0.15, 0.2) is 108 Å². The van der Waals surface area contributed by atoms with Gasteiger partial charge in [0.2, 0.25) is 5.69 Å².